The van der Waals surface area contributed by atoms with Gasteiger partial charge in [-0.1, -0.05) is 26.7 Å². The maximum absolute atomic E-state index is 13.1. The highest BCUT2D eigenvalue weighted by Gasteiger charge is 2.46. The van der Waals surface area contributed by atoms with Crippen molar-refractivity contribution in [3.63, 3.8) is 0 Å². The fraction of sp³-hybridized carbons (Fsp3) is 0.938. The first-order valence-electron chi connectivity index (χ1n) is 7.99. The Morgan fingerprint density at radius 1 is 1.35 bits per heavy atom. The monoisotopic (exact) mass is 302 g/mol. The number of hydrogen-bond donors (Lipinski definition) is 1. The molecule has 2 aliphatic rings. The lowest BCUT2D eigenvalue weighted by atomic mass is 9.77. The van der Waals surface area contributed by atoms with Crippen molar-refractivity contribution in [2.24, 2.45) is 23.0 Å². The van der Waals surface area contributed by atoms with Gasteiger partial charge in [-0.3, -0.25) is 4.79 Å². The van der Waals surface area contributed by atoms with E-state index in [0.717, 1.165) is 32.2 Å². The Balaban J connectivity index is 0.00000200. The summed E-state index contributed by atoms with van der Waals surface area (Å²) in [5, 5.41) is 0. The molecule has 2 N–H and O–H groups in total. The van der Waals surface area contributed by atoms with Crippen LogP contribution >= 0.6 is 12.4 Å². The first kappa shape index (κ1) is 17.8. The van der Waals surface area contributed by atoms with Crippen LogP contribution in [-0.4, -0.2) is 29.9 Å². The Bertz CT molecular complexity index is 326. The molecule has 2 fully saturated rings. The van der Waals surface area contributed by atoms with E-state index in [-0.39, 0.29) is 17.8 Å². The maximum Gasteiger partial charge on any atom is 0.229 e. The van der Waals surface area contributed by atoms with Gasteiger partial charge in [-0.25, -0.2) is 0 Å². The molecule has 1 heterocycles. The smallest absolute Gasteiger partial charge is 0.229 e. The van der Waals surface area contributed by atoms with Gasteiger partial charge in [0.15, 0.2) is 0 Å². The van der Waals surface area contributed by atoms with Crippen molar-refractivity contribution in [2.45, 2.75) is 65.3 Å². The number of halogens is 1. The molecule has 1 aliphatic heterocycles. The largest absolute Gasteiger partial charge is 0.339 e. The normalized spacial score (nSPS) is 28.8. The van der Waals surface area contributed by atoms with Crippen LogP contribution < -0.4 is 5.73 Å². The van der Waals surface area contributed by atoms with Gasteiger partial charge in [0, 0.05) is 18.0 Å². The molecule has 1 saturated heterocycles. The van der Waals surface area contributed by atoms with E-state index in [0.29, 0.717) is 30.3 Å². The molecule has 0 aromatic rings. The van der Waals surface area contributed by atoms with Gasteiger partial charge in [-0.15, -0.1) is 12.4 Å². The molecule has 4 heteroatoms. The average molecular weight is 303 g/mol. The molecule has 0 bridgehead atoms. The number of likely N-dealkylation sites (tertiary alicyclic amines) is 1. The summed E-state index contributed by atoms with van der Waals surface area (Å²) in [6, 6.07) is 0.380. The molecule has 0 spiro atoms. The Morgan fingerprint density at radius 3 is 2.40 bits per heavy atom. The van der Waals surface area contributed by atoms with Crippen LogP contribution in [-0.2, 0) is 4.79 Å². The molecule has 0 aromatic carbocycles. The van der Waals surface area contributed by atoms with Gasteiger partial charge in [0.2, 0.25) is 5.91 Å². The van der Waals surface area contributed by atoms with Crippen molar-refractivity contribution in [1.82, 2.24) is 4.90 Å². The van der Waals surface area contributed by atoms with E-state index in [2.05, 4.69) is 25.7 Å². The van der Waals surface area contributed by atoms with Crippen molar-refractivity contribution in [3.8, 4) is 0 Å². The topological polar surface area (TPSA) is 46.3 Å². The van der Waals surface area contributed by atoms with Crippen LogP contribution in [0.15, 0.2) is 0 Å². The summed E-state index contributed by atoms with van der Waals surface area (Å²) in [6.45, 7) is 8.26. The van der Waals surface area contributed by atoms with Gasteiger partial charge < -0.3 is 10.6 Å². The first-order valence-corrected chi connectivity index (χ1v) is 7.99. The third-order valence-electron chi connectivity index (χ3n) is 5.07. The van der Waals surface area contributed by atoms with Crippen molar-refractivity contribution in [2.75, 3.05) is 13.1 Å². The highest BCUT2D eigenvalue weighted by atomic mass is 35.5. The summed E-state index contributed by atoms with van der Waals surface area (Å²) < 4.78 is 0. The molecule has 2 rings (SSSR count). The highest BCUT2D eigenvalue weighted by Crippen LogP contribution is 2.45. The zero-order chi connectivity index (χ0) is 14.0. The molecule has 3 nitrogen and oxygen atoms in total. The van der Waals surface area contributed by atoms with Crippen molar-refractivity contribution in [3.05, 3.63) is 0 Å². The molecule has 0 radical (unpaired) electrons. The first-order chi connectivity index (χ1) is 8.98. The predicted molar refractivity (Wildman–Crippen MR) is 85.9 cm³/mol. The zero-order valence-corrected chi connectivity index (χ0v) is 14.0. The SMILES string of the molecule is CC(C)CC1(C(=O)N2CC(CN)CC2C)CCCC1.Cl. The molecule has 1 saturated carbocycles. The van der Waals surface area contributed by atoms with Gasteiger partial charge >= 0.3 is 0 Å². The van der Waals surface area contributed by atoms with Crippen LogP contribution in [0.25, 0.3) is 0 Å². The number of nitrogens with zero attached hydrogens (tertiary/aromatic N) is 1. The van der Waals surface area contributed by atoms with Crippen LogP contribution in [0.4, 0.5) is 0 Å². The van der Waals surface area contributed by atoms with Crippen molar-refractivity contribution in [1.29, 1.82) is 0 Å². The van der Waals surface area contributed by atoms with Crippen LogP contribution in [0.2, 0.25) is 0 Å². The third-order valence-corrected chi connectivity index (χ3v) is 5.07. The Labute approximate surface area is 130 Å². The summed E-state index contributed by atoms with van der Waals surface area (Å²) in [5.74, 6) is 1.55. The fourth-order valence-corrected chi connectivity index (χ4v) is 4.24. The molecule has 1 aliphatic carbocycles. The Morgan fingerprint density at radius 2 is 1.95 bits per heavy atom. The maximum atomic E-state index is 13.1. The fourth-order valence-electron chi connectivity index (χ4n) is 4.24. The molecule has 0 aromatic heterocycles. The number of rotatable bonds is 4. The second kappa shape index (κ2) is 7.13. The second-order valence-electron chi connectivity index (χ2n) is 7.23. The van der Waals surface area contributed by atoms with E-state index in [1.807, 2.05) is 0 Å². The molecule has 118 valence electrons. The molecule has 1 amide bonds. The summed E-state index contributed by atoms with van der Waals surface area (Å²) in [4.78, 5) is 15.2. The van der Waals surface area contributed by atoms with E-state index in [1.54, 1.807) is 0 Å². The minimum Gasteiger partial charge on any atom is -0.339 e. The van der Waals surface area contributed by atoms with Crippen LogP contribution in [0.3, 0.4) is 0 Å². The molecular formula is C16H31ClN2O. The number of hydrogen-bond acceptors (Lipinski definition) is 2. The van der Waals surface area contributed by atoms with Crippen molar-refractivity contribution >= 4 is 18.3 Å². The predicted octanol–water partition coefficient (Wildman–Crippen LogP) is 3.21. The van der Waals surface area contributed by atoms with E-state index in [1.165, 1.54) is 12.8 Å². The number of amides is 1. The zero-order valence-electron chi connectivity index (χ0n) is 13.2. The third kappa shape index (κ3) is 3.48. The second-order valence-corrected chi connectivity index (χ2v) is 7.23. The van der Waals surface area contributed by atoms with Crippen LogP contribution in [0.5, 0.6) is 0 Å². The van der Waals surface area contributed by atoms with Gasteiger partial charge in [-0.2, -0.15) is 0 Å². The van der Waals surface area contributed by atoms with E-state index in [9.17, 15) is 4.79 Å². The summed E-state index contributed by atoms with van der Waals surface area (Å²) in [7, 11) is 0. The number of carbonyl (C=O) groups is 1. The minimum atomic E-state index is -0.0497. The van der Waals surface area contributed by atoms with Gasteiger partial charge in [0.05, 0.1) is 0 Å². The lowest BCUT2D eigenvalue weighted by molar-refractivity contribution is -0.143. The van der Waals surface area contributed by atoms with E-state index >= 15 is 0 Å². The van der Waals surface area contributed by atoms with E-state index in [4.69, 9.17) is 5.73 Å². The molecular weight excluding hydrogens is 272 g/mol. The summed E-state index contributed by atoms with van der Waals surface area (Å²) in [5.41, 5.74) is 5.74. The molecule has 2 unspecified atom stereocenters. The number of carbonyl (C=O) groups excluding carboxylic acids is 1. The van der Waals surface area contributed by atoms with E-state index < -0.39 is 0 Å². The average Bonchev–Trinajstić information content (AvgIpc) is 2.95. The Hall–Kier alpha value is -0.280. The van der Waals surface area contributed by atoms with Gasteiger partial charge in [0.1, 0.15) is 0 Å². The van der Waals surface area contributed by atoms with Crippen molar-refractivity contribution < 1.29 is 4.79 Å². The molecule has 2 atom stereocenters. The lowest BCUT2D eigenvalue weighted by Gasteiger charge is -2.35. The summed E-state index contributed by atoms with van der Waals surface area (Å²) in [6.07, 6.45) is 6.78. The van der Waals surface area contributed by atoms with Crippen LogP contribution in [0.1, 0.15) is 59.3 Å². The quantitative estimate of drug-likeness (QED) is 0.867. The summed E-state index contributed by atoms with van der Waals surface area (Å²) >= 11 is 0. The van der Waals surface area contributed by atoms with Gasteiger partial charge in [0.25, 0.3) is 0 Å². The van der Waals surface area contributed by atoms with Gasteiger partial charge in [-0.05, 0) is 51.0 Å². The minimum absolute atomic E-state index is 0. The standard InChI is InChI=1S/C16H30N2O.ClH/c1-12(2)9-16(6-4-5-7-16)15(19)18-11-14(10-17)8-13(18)3;/h12-14H,4-11,17H2,1-3H3;1H. The molecule has 20 heavy (non-hydrogen) atoms. The lowest BCUT2D eigenvalue weighted by Crippen LogP contribution is -2.45. The van der Waals surface area contributed by atoms with Crippen LogP contribution in [0, 0.1) is 17.3 Å². The Kier molecular flexibility index (Phi) is 6.33. The highest BCUT2D eigenvalue weighted by molar-refractivity contribution is 5.85. The number of nitrogens with two attached hydrogens (primary N) is 1.